The van der Waals surface area contributed by atoms with Crippen LogP contribution in [0.4, 0.5) is 5.69 Å². The third-order valence-electron chi connectivity index (χ3n) is 6.04. The normalized spacial score (nSPS) is 14.6. The number of hydrogen-bond donors (Lipinski definition) is 1. The van der Waals surface area contributed by atoms with Crippen LogP contribution in [0.2, 0.25) is 0 Å². The molecule has 33 heavy (non-hydrogen) atoms. The maximum absolute atomic E-state index is 13.4. The van der Waals surface area contributed by atoms with Crippen molar-refractivity contribution in [1.29, 1.82) is 0 Å². The zero-order chi connectivity index (χ0) is 22.9. The number of amides is 1. The maximum atomic E-state index is 13.4. The number of ketones is 1. The van der Waals surface area contributed by atoms with Gasteiger partial charge in [0, 0.05) is 17.0 Å². The van der Waals surface area contributed by atoms with Crippen molar-refractivity contribution in [3.63, 3.8) is 0 Å². The van der Waals surface area contributed by atoms with Gasteiger partial charge in [-0.2, -0.15) is 0 Å². The molecule has 0 spiro atoms. The van der Waals surface area contributed by atoms with Crippen LogP contribution in [-0.2, 0) is 24.2 Å². The molecular weight excluding hydrogens is 458 g/mol. The van der Waals surface area contributed by atoms with E-state index in [1.54, 1.807) is 34.1 Å². The summed E-state index contributed by atoms with van der Waals surface area (Å²) in [6, 6.07) is 5.04. The Kier molecular flexibility index (Phi) is 6.25. The van der Waals surface area contributed by atoms with Gasteiger partial charge in [0.15, 0.2) is 17.5 Å². The van der Waals surface area contributed by atoms with Crippen LogP contribution in [0.1, 0.15) is 53.4 Å². The largest absolute Gasteiger partial charge is 0.482 e. The fraction of sp³-hybridized carbons (Fsp3) is 0.417. The molecule has 0 fully saturated rings. The number of benzene rings is 1. The van der Waals surface area contributed by atoms with E-state index in [4.69, 9.17) is 9.72 Å². The molecule has 3 aromatic rings. The van der Waals surface area contributed by atoms with Crippen molar-refractivity contribution in [1.82, 2.24) is 9.55 Å². The number of carbonyl (C=O) groups excluding carboxylic acids is 2. The number of ether oxygens (including phenoxy) is 1. The molecule has 0 saturated carbocycles. The molecule has 0 unspecified atom stereocenters. The lowest BCUT2D eigenvalue weighted by atomic mass is 10.1. The van der Waals surface area contributed by atoms with Crippen LogP contribution in [0.5, 0.6) is 5.75 Å². The molecule has 1 N–H and O–H groups in total. The average molecular weight is 484 g/mol. The zero-order valence-corrected chi connectivity index (χ0v) is 20.1. The van der Waals surface area contributed by atoms with Crippen molar-refractivity contribution in [3.8, 4) is 5.75 Å². The van der Waals surface area contributed by atoms with Crippen molar-refractivity contribution in [2.75, 3.05) is 17.7 Å². The number of aromatic nitrogens is 2. The summed E-state index contributed by atoms with van der Waals surface area (Å²) in [6.07, 6.45) is 6.08. The minimum absolute atomic E-state index is 0.0218. The third-order valence-corrected chi connectivity index (χ3v) is 8.20. The van der Waals surface area contributed by atoms with E-state index in [-0.39, 0.29) is 29.6 Å². The number of anilines is 1. The fourth-order valence-corrected chi connectivity index (χ4v) is 6.58. The van der Waals surface area contributed by atoms with Crippen LogP contribution in [0.25, 0.3) is 10.2 Å². The lowest BCUT2D eigenvalue weighted by Gasteiger charge is -2.18. The minimum Gasteiger partial charge on any atom is -0.482 e. The summed E-state index contributed by atoms with van der Waals surface area (Å²) in [5, 5.41) is 4.12. The second kappa shape index (κ2) is 9.30. The summed E-state index contributed by atoms with van der Waals surface area (Å²) in [5.74, 6) is 0.384. The molecule has 2 aliphatic rings. The highest BCUT2D eigenvalue weighted by Crippen LogP contribution is 2.36. The second-order valence-corrected chi connectivity index (χ2v) is 10.4. The van der Waals surface area contributed by atoms with Gasteiger partial charge in [0.25, 0.3) is 11.5 Å². The molecule has 172 valence electrons. The van der Waals surface area contributed by atoms with Crippen molar-refractivity contribution < 1.29 is 14.3 Å². The van der Waals surface area contributed by atoms with Gasteiger partial charge < -0.3 is 10.1 Å². The van der Waals surface area contributed by atoms with Gasteiger partial charge in [0.05, 0.1) is 16.8 Å². The SMILES string of the molecule is CCCCCn1c(SCC(=O)c2ccc3c(c2)NC(=O)CO3)nc2sc3c(c2c1=O)CCC3. The minimum atomic E-state index is -0.238. The molecule has 2 aromatic heterocycles. The Bertz CT molecular complexity index is 1310. The number of nitrogens with zero attached hydrogens (tertiary/aromatic N) is 2. The molecule has 1 aliphatic heterocycles. The lowest BCUT2D eigenvalue weighted by Crippen LogP contribution is -2.25. The Morgan fingerprint density at radius 1 is 1.27 bits per heavy atom. The average Bonchev–Trinajstić information content (AvgIpc) is 3.39. The molecule has 1 aliphatic carbocycles. The summed E-state index contributed by atoms with van der Waals surface area (Å²) in [5.41, 5.74) is 2.20. The first-order valence-electron chi connectivity index (χ1n) is 11.3. The van der Waals surface area contributed by atoms with Gasteiger partial charge in [0.1, 0.15) is 10.6 Å². The molecule has 5 rings (SSSR count). The van der Waals surface area contributed by atoms with Crippen molar-refractivity contribution in [2.24, 2.45) is 0 Å². The van der Waals surface area contributed by atoms with Crippen LogP contribution in [0, 0.1) is 0 Å². The van der Waals surface area contributed by atoms with Gasteiger partial charge >= 0.3 is 0 Å². The van der Waals surface area contributed by atoms with E-state index in [2.05, 4.69) is 12.2 Å². The first kappa shape index (κ1) is 22.2. The maximum Gasteiger partial charge on any atom is 0.263 e. The number of fused-ring (bicyclic) bond motifs is 4. The van der Waals surface area contributed by atoms with Gasteiger partial charge in [-0.15, -0.1) is 11.3 Å². The lowest BCUT2D eigenvalue weighted by molar-refractivity contribution is -0.118. The molecule has 9 heteroatoms. The molecular formula is C24H25N3O4S2. The van der Waals surface area contributed by atoms with Gasteiger partial charge in [-0.3, -0.25) is 19.0 Å². The van der Waals surface area contributed by atoms with E-state index in [9.17, 15) is 14.4 Å². The van der Waals surface area contributed by atoms with E-state index >= 15 is 0 Å². The number of thiophene rings is 1. The van der Waals surface area contributed by atoms with E-state index < -0.39 is 0 Å². The fourth-order valence-electron chi connectivity index (χ4n) is 4.36. The number of rotatable bonds is 8. The predicted molar refractivity (Wildman–Crippen MR) is 131 cm³/mol. The standard InChI is InChI=1S/C24H25N3O4S2/c1-2-3-4-10-27-23(30)21-15-6-5-7-19(15)33-22(21)26-24(27)32-13-17(28)14-8-9-18-16(11-14)25-20(29)12-31-18/h8-9,11H,2-7,10,12-13H2,1H3,(H,25,29). The number of carbonyl (C=O) groups is 2. The Balaban J connectivity index is 1.41. The number of nitrogens with one attached hydrogen (secondary N) is 1. The van der Waals surface area contributed by atoms with E-state index in [1.807, 2.05) is 0 Å². The van der Waals surface area contributed by atoms with Gasteiger partial charge in [-0.25, -0.2) is 4.98 Å². The molecule has 1 aromatic carbocycles. The van der Waals surface area contributed by atoms with Crippen LogP contribution in [0.3, 0.4) is 0 Å². The van der Waals surface area contributed by atoms with Gasteiger partial charge in [-0.05, 0) is 49.4 Å². The van der Waals surface area contributed by atoms with Crippen LogP contribution in [-0.4, -0.2) is 33.6 Å². The molecule has 7 nitrogen and oxygen atoms in total. The first-order valence-corrected chi connectivity index (χ1v) is 13.1. The smallest absolute Gasteiger partial charge is 0.263 e. The molecule has 0 radical (unpaired) electrons. The first-order chi connectivity index (χ1) is 16.0. The highest BCUT2D eigenvalue weighted by atomic mass is 32.2. The summed E-state index contributed by atoms with van der Waals surface area (Å²) < 4.78 is 7.13. The van der Waals surface area contributed by atoms with E-state index in [0.29, 0.717) is 28.7 Å². The monoisotopic (exact) mass is 483 g/mol. The number of Topliss-reactive ketones (excluding diaryl/α,β-unsaturated/α-hetero) is 1. The molecule has 0 atom stereocenters. The topological polar surface area (TPSA) is 90.3 Å². The van der Waals surface area contributed by atoms with Crippen molar-refractivity contribution >= 4 is 50.7 Å². The van der Waals surface area contributed by atoms with Gasteiger partial charge in [-0.1, -0.05) is 31.5 Å². The van der Waals surface area contributed by atoms with Crippen molar-refractivity contribution in [2.45, 2.75) is 57.1 Å². The number of aryl methyl sites for hydroxylation is 2. The quantitative estimate of drug-likeness (QED) is 0.220. The Morgan fingerprint density at radius 3 is 3.00 bits per heavy atom. The van der Waals surface area contributed by atoms with Crippen molar-refractivity contribution in [3.05, 3.63) is 44.6 Å². The van der Waals surface area contributed by atoms with Crippen LogP contribution in [0.15, 0.2) is 28.2 Å². The zero-order valence-electron chi connectivity index (χ0n) is 18.4. The molecule has 0 bridgehead atoms. The van der Waals surface area contributed by atoms with Crippen LogP contribution < -0.4 is 15.6 Å². The third kappa shape index (κ3) is 4.31. The summed E-state index contributed by atoms with van der Waals surface area (Å²) in [6.45, 7) is 2.72. The molecule has 0 saturated heterocycles. The van der Waals surface area contributed by atoms with Crippen LogP contribution >= 0.6 is 23.1 Å². The van der Waals surface area contributed by atoms with Gasteiger partial charge in [0.2, 0.25) is 0 Å². The highest BCUT2D eigenvalue weighted by molar-refractivity contribution is 7.99. The molecule has 3 heterocycles. The number of hydrogen-bond acceptors (Lipinski definition) is 7. The van der Waals surface area contributed by atoms with E-state index in [1.165, 1.54) is 22.2 Å². The number of unbranched alkanes of at least 4 members (excludes halogenated alkanes) is 2. The summed E-state index contributed by atoms with van der Waals surface area (Å²) in [7, 11) is 0. The Labute approximate surface area is 199 Å². The second-order valence-electron chi connectivity index (χ2n) is 8.36. The predicted octanol–water partition coefficient (Wildman–Crippen LogP) is 4.44. The summed E-state index contributed by atoms with van der Waals surface area (Å²) in [4.78, 5) is 44.9. The summed E-state index contributed by atoms with van der Waals surface area (Å²) >= 11 is 2.93. The Morgan fingerprint density at radius 2 is 2.15 bits per heavy atom. The van der Waals surface area contributed by atoms with E-state index in [0.717, 1.165) is 48.7 Å². The number of thioether (sulfide) groups is 1. The highest BCUT2D eigenvalue weighted by Gasteiger charge is 2.24. The molecule has 1 amide bonds. The Hall–Kier alpha value is -2.65.